The molecule has 0 saturated heterocycles. The zero-order valence-electron chi connectivity index (χ0n) is 9.96. The summed E-state index contributed by atoms with van der Waals surface area (Å²) in [4.78, 5) is 21.6. The van der Waals surface area contributed by atoms with Crippen molar-refractivity contribution in [3.8, 4) is 0 Å². The molecule has 1 amide bonds. The number of rotatable bonds is 6. The van der Waals surface area contributed by atoms with Crippen LogP contribution in [0, 0.1) is 5.92 Å². The van der Waals surface area contributed by atoms with Gasteiger partial charge >= 0.3 is 5.97 Å². The maximum atomic E-state index is 11.7. The van der Waals surface area contributed by atoms with Gasteiger partial charge < -0.3 is 10.8 Å². The second-order valence-electron chi connectivity index (χ2n) is 4.05. The Labute approximate surface area is 107 Å². The lowest BCUT2D eigenvalue weighted by atomic mass is 10.1. The molecule has 1 rings (SSSR count). The second kappa shape index (κ2) is 6.30. The minimum Gasteiger partial charge on any atom is -0.481 e. The van der Waals surface area contributed by atoms with Crippen molar-refractivity contribution in [3.63, 3.8) is 0 Å². The highest BCUT2D eigenvalue weighted by atomic mass is 32.2. The maximum Gasteiger partial charge on any atom is 0.307 e. The van der Waals surface area contributed by atoms with E-state index in [1.165, 1.54) is 6.92 Å². The lowest BCUT2D eigenvalue weighted by Gasteiger charge is -2.07. The monoisotopic (exact) mass is 269 g/mol. The first-order valence-electron chi connectivity index (χ1n) is 5.36. The minimum absolute atomic E-state index is 0.0934. The van der Waals surface area contributed by atoms with Gasteiger partial charge in [-0.3, -0.25) is 13.8 Å². The molecule has 1 aromatic carbocycles. The topological polar surface area (TPSA) is 97.5 Å². The third kappa shape index (κ3) is 4.29. The molecule has 98 valence electrons. The van der Waals surface area contributed by atoms with E-state index in [-0.39, 0.29) is 11.5 Å². The first-order valence-corrected chi connectivity index (χ1v) is 6.85. The van der Waals surface area contributed by atoms with Crippen molar-refractivity contribution in [2.45, 2.75) is 12.7 Å². The van der Waals surface area contributed by atoms with Gasteiger partial charge in [-0.25, -0.2) is 0 Å². The van der Waals surface area contributed by atoms with Crippen molar-refractivity contribution in [1.82, 2.24) is 0 Å². The first-order chi connectivity index (χ1) is 8.40. The average molecular weight is 269 g/mol. The Balaban J connectivity index is 2.67. The maximum absolute atomic E-state index is 11.7. The van der Waals surface area contributed by atoms with E-state index in [4.69, 9.17) is 10.8 Å². The van der Waals surface area contributed by atoms with Crippen molar-refractivity contribution in [2.24, 2.45) is 11.7 Å². The lowest BCUT2D eigenvalue weighted by molar-refractivity contribution is -0.140. The predicted octanol–water partition coefficient (Wildman–Crippen LogP) is 0.755. The fourth-order valence-electron chi connectivity index (χ4n) is 1.41. The summed E-state index contributed by atoms with van der Waals surface area (Å²) in [5, 5.41) is 8.72. The molecule has 6 heteroatoms. The molecule has 0 aliphatic carbocycles. The normalized spacial score (nSPS) is 13.8. The summed E-state index contributed by atoms with van der Waals surface area (Å²) in [5.74, 6) is -1.84. The van der Waals surface area contributed by atoms with Crippen molar-refractivity contribution >= 4 is 22.7 Å². The number of carboxylic acid groups (broad SMARTS) is 1. The van der Waals surface area contributed by atoms with Crippen LogP contribution in [-0.4, -0.2) is 26.9 Å². The fourth-order valence-corrected chi connectivity index (χ4v) is 2.78. The molecule has 2 atom stereocenters. The van der Waals surface area contributed by atoms with E-state index < -0.39 is 28.6 Å². The summed E-state index contributed by atoms with van der Waals surface area (Å²) < 4.78 is 11.7. The molecule has 0 radical (unpaired) electrons. The van der Waals surface area contributed by atoms with E-state index in [0.29, 0.717) is 11.1 Å². The molecule has 0 heterocycles. The lowest BCUT2D eigenvalue weighted by Crippen LogP contribution is -2.18. The highest BCUT2D eigenvalue weighted by Gasteiger charge is 2.15. The van der Waals surface area contributed by atoms with Crippen LogP contribution in [0.2, 0.25) is 0 Å². The van der Waals surface area contributed by atoms with Gasteiger partial charge in [0.15, 0.2) is 0 Å². The van der Waals surface area contributed by atoms with Gasteiger partial charge in [0.25, 0.3) is 0 Å². The smallest absolute Gasteiger partial charge is 0.307 e. The Hall–Kier alpha value is -1.69. The summed E-state index contributed by atoms with van der Waals surface area (Å²) in [6, 6.07) is 6.54. The van der Waals surface area contributed by atoms with Gasteiger partial charge in [0.1, 0.15) is 0 Å². The highest BCUT2D eigenvalue weighted by molar-refractivity contribution is 7.84. The van der Waals surface area contributed by atoms with Crippen molar-refractivity contribution in [2.75, 3.05) is 5.75 Å². The molecular weight excluding hydrogens is 254 g/mol. The number of aliphatic carboxylic acids is 1. The van der Waals surface area contributed by atoms with E-state index in [1.807, 2.05) is 0 Å². The molecular formula is C12H15NO4S. The molecule has 0 spiro atoms. The molecule has 0 aromatic heterocycles. The Bertz CT molecular complexity index is 487. The third-order valence-corrected chi connectivity index (χ3v) is 3.92. The van der Waals surface area contributed by atoms with E-state index >= 15 is 0 Å². The van der Waals surface area contributed by atoms with Crippen molar-refractivity contribution in [3.05, 3.63) is 35.4 Å². The van der Waals surface area contributed by atoms with Crippen LogP contribution in [0.5, 0.6) is 0 Å². The van der Waals surface area contributed by atoms with Gasteiger partial charge in [-0.2, -0.15) is 0 Å². The summed E-state index contributed by atoms with van der Waals surface area (Å²) in [6.07, 6.45) is 0. The Morgan fingerprint density at radius 2 is 2.11 bits per heavy atom. The number of hydrogen-bond acceptors (Lipinski definition) is 3. The SMILES string of the molecule is CC(CS(=O)Cc1cccc(C(N)=O)c1)C(=O)O. The van der Waals surface area contributed by atoms with Gasteiger partial charge in [0, 0.05) is 27.9 Å². The summed E-state index contributed by atoms with van der Waals surface area (Å²) in [5.41, 5.74) is 6.21. The second-order valence-corrected chi connectivity index (χ2v) is 5.56. The molecule has 0 fully saturated rings. The van der Waals surface area contributed by atoms with Crippen LogP contribution in [0.25, 0.3) is 0 Å². The van der Waals surface area contributed by atoms with Crippen LogP contribution in [0.3, 0.4) is 0 Å². The van der Waals surface area contributed by atoms with Gasteiger partial charge in [0.2, 0.25) is 5.91 Å². The summed E-state index contributed by atoms with van der Waals surface area (Å²) in [7, 11) is -1.28. The number of amides is 1. The molecule has 3 N–H and O–H groups in total. The number of benzene rings is 1. The van der Waals surface area contributed by atoms with Crippen LogP contribution >= 0.6 is 0 Å². The minimum atomic E-state index is -1.28. The number of carboxylic acids is 1. The molecule has 5 nitrogen and oxygen atoms in total. The van der Waals surface area contributed by atoms with Crippen molar-refractivity contribution < 1.29 is 18.9 Å². The fraction of sp³-hybridized carbons (Fsp3) is 0.333. The predicted molar refractivity (Wildman–Crippen MR) is 68.5 cm³/mol. The third-order valence-electron chi connectivity index (χ3n) is 2.40. The largest absolute Gasteiger partial charge is 0.481 e. The molecule has 0 aliphatic rings. The zero-order valence-corrected chi connectivity index (χ0v) is 10.8. The summed E-state index contributed by atoms with van der Waals surface area (Å²) >= 11 is 0. The first kappa shape index (κ1) is 14.4. The molecule has 0 saturated carbocycles. The molecule has 1 aromatic rings. The van der Waals surface area contributed by atoms with E-state index in [9.17, 15) is 13.8 Å². The average Bonchev–Trinajstić information content (AvgIpc) is 2.28. The Morgan fingerprint density at radius 1 is 1.44 bits per heavy atom. The molecule has 0 bridgehead atoms. The summed E-state index contributed by atoms with van der Waals surface area (Å²) in [6.45, 7) is 1.51. The van der Waals surface area contributed by atoms with Crippen LogP contribution < -0.4 is 5.73 Å². The molecule has 0 aliphatic heterocycles. The standard InChI is InChI=1S/C12H15NO4S/c1-8(12(15)16)6-18(17)7-9-3-2-4-10(5-9)11(13)14/h2-5,8H,6-7H2,1H3,(H2,13,14)(H,15,16). The number of primary amides is 1. The Morgan fingerprint density at radius 3 is 2.67 bits per heavy atom. The van der Waals surface area contributed by atoms with Crippen LogP contribution in [-0.2, 0) is 21.3 Å². The molecule has 2 unspecified atom stereocenters. The van der Waals surface area contributed by atoms with Crippen LogP contribution in [0.4, 0.5) is 0 Å². The van der Waals surface area contributed by atoms with E-state index in [1.54, 1.807) is 24.3 Å². The van der Waals surface area contributed by atoms with Crippen LogP contribution in [0.1, 0.15) is 22.8 Å². The van der Waals surface area contributed by atoms with Crippen molar-refractivity contribution in [1.29, 1.82) is 0 Å². The Kier molecular flexibility index (Phi) is 5.03. The van der Waals surface area contributed by atoms with Crippen LogP contribution in [0.15, 0.2) is 24.3 Å². The van der Waals surface area contributed by atoms with Gasteiger partial charge in [0.05, 0.1) is 5.92 Å². The zero-order chi connectivity index (χ0) is 13.7. The highest BCUT2D eigenvalue weighted by Crippen LogP contribution is 2.09. The van der Waals surface area contributed by atoms with Gasteiger partial charge in [-0.05, 0) is 17.7 Å². The number of hydrogen-bond donors (Lipinski definition) is 2. The van der Waals surface area contributed by atoms with E-state index in [0.717, 1.165) is 0 Å². The van der Waals surface area contributed by atoms with Gasteiger partial charge in [-0.15, -0.1) is 0 Å². The number of carbonyl (C=O) groups excluding carboxylic acids is 1. The quantitative estimate of drug-likeness (QED) is 0.796. The number of carbonyl (C=O) groups is 2. The van der Waals surface area contributed by atoms with Gasteiger partial charge in [-0.1, -0.05) is 19.1 Å². The number of nitrogens with two attached hydrogens (primary N) is 1. The molecule has 18 heavy (non-hydrogen) atoms. The van der Waals surface area contributed by atoms with E-state index in [2.05, 4.69) is 0 Å².